The average molecular weight is 423 g/mol. The standard InChI is InChI=1S/C24H25NO6/c1-5-25(6-2)20-14-21-17(13-19(24(28)31-21)23(27)30-7-3)12-18(20)15-8-10-16(11-9-15)22(26)29-4/h8-14H,5-7H2,1-4H3. The second kappa shape index (κ2) is 9.47. The van der Waals surface area contributed by atoms with Gasteiger partial charge in [-0.25, -0.2) is 14.4 Å². The number of ether oxygens (including phenoxy) is 2. The quantitative estimate of drug-likeness (QED) is 0.414. The van der Waals surface area contributed by atoms with E-state index in [1.807, 2.05) is 38.1 Å². The first kappa shape index (κ1) is 22.1. The zero-order chi connectivity index (χ0) is 22.5. The Morgan fingerprint density at radius 3 is 2.23 bits per heavy atom. The molecule has 162 valence electrons. The van der Waals surface area contributed by atoms with Crippen LogP contribution in [0.1, 0.15) is 41.5 Å². The van der Waals surface area contributed by atoms with Gasteiger partial charge in [0.25, 0.3) is 0 Å². The van der Waals surface area contributed by atoms with Gasteiger partial charge in [0, 0.05) is 35.8 Å². The number of carbonyl (C=O) groups excluding carboxylic acids is 2. The van der Waals surface area contributed by atoms with Crippen molar-refractivity contribution in [3.8, 4) is 11.1 Å². The topological polar surface area (TPSA) is 86.1 Å². The first-order valence-corrected chi connectivity index (χ1v) is 10.2. The van der Waals surface area contributed by atoms with E-state index in [1.54, 1.807) is 19.1 Å². The molecule has 0 atom stereocenters. The van der Waals surface area contributed by atoms with Gasteiger partial charge in [-0.3, -0.25) is 0 Å². The molecule has 0 bridgehead atoms. The highest BCUT2D eigenvalue weighted by Crippen LogP contribution is 2.35. The number of hydrogen-bond acceptors (Lipinski definition) is 7. The van der Waals surface area contributed by atoms with Gasteiger partial charge in [0.1, 0.15) is 11.1 Å². The number of rotatable bonds is 7. The lowest BCUT2D eigenvalue weighted by atomic mass is 9.99. The van der Waals surface area contributed by atoms with Crippen LogP contribution in [0.3, 0.4) is 0 Å². The Labute approximate surface area is 180 Å². The van der Waals surface area contributed by atoms with Crippen LogP contribution >= 0.6 is 0 Å². The smallest absolute Gasteiger partial charge is 0.351 e. The molecule has 0 aliphatic carbocycles. The Morgan fingerprint density at radius 2 is 1.65 bits per heavy atom. The van der Waals surface area contributed by atoms with Crippen molar-refractivity contribution in [1.29, 1.82) is 0 Å². The Kier molecular flexibility index (Phi) is 6.74. The van der Waals surface area contributed by atoms with Crippen molar-refractivity contribution in [2.24, 2.45) is 0 Å². The summed E-state index contributed by atoms with van der Waals surface area (Å²) in [7, 11) is 1.34. The Morgan fingerprint density at radius 1 is 0.968 bits per heavy atom. The fraction of sp³-hybridized carbons (Fsp3) is 0.292. The van der Waals surface area contributed by atoms with Crippen molar-refractivity contribution in [3.05, 3.63) is 64.0 Å². The zero-order valence-electron chi connectivity index (χ0n) is 18.1. The van der Waals surface area contributed by atoms with Crippen LogP contribution in [0.15, 0.2) is 51.7 Å². The van der Waals surface area contributed by atoms with E-state index >= 15 is 0 Å². The molecule has 0 spiro atoms. The summed E-state index contributed by atoms with van der Waals surface area (Å²) in [5.41, 5.74) is 2.61. The third kappa shape index (κ3) is 4.45. The molecule has 2 aromatic carbocycles. The van der Waals surface area contributed by atoms with Crippen molar-refractivity contribution >= 4 is 28.6 Å². The fourth-order valence-corrected chi connectivity index (χ4v) is 3.47. The van der Waals surface area contributed by atoms with E-state index in [9.17, 15) is 14.4 Å². The second-order valence-electron chi connectivity index (χ2n) is 6.82. The Balaban J connectivity index is 2.22. The number of esters is 2. The third-order valence-electron chi connectivity index (χ3n) is 5.07. The highest BCUT2D eigenvalue weighted by Gasteiger charge is 2.18. The van der Waals surface area contributed by atoms with E-state index < -0.39 is 17.6 Å². The molecule has 0 saturated carbocycles. The minimum Gasteiger partial charge on any atom is -0.465 e. The number of hydrogen-bond donors (Lipinski definition) is 0. The lowest BCUT2D eigenvalue weighted by Gasteiger charge is -2.25. The normalized spacial score (nSPS) is 10.7. The first-order chi connectivity index (χ1) is 14.9. The summed E-state index contributed by atoms with van der Waals surface area (Å²) in [6.07, 6.45) is 0. The number of methoxy groups -OCH3 is 1. The molecule has 0 radical (unpaired) electrons. The molecule has 0 N–H and O–H groups in total. The minimum atomic E-state index is -0.730. The summed E-state index contributed by atoms with van der Waals surface area (Å²) < 4.78 is 15.2. The fourth-order valence-electron chi connectivity index (χ4n) is 3.47. The van der Waals surface area contributed by atoms with Crippen LogP contribution in [0, 0.1) is 0 Å². The van der Waals surface area contributed by atoms with Crippen LogP contribution < -0.4 is 10.5 Å². The highest BCUT2D eigenvalue weighted by molar-refractivity contribution is 5.97. The molecule has 7 nitrogen and oxygen atoms in total. The third-order valence-corrected chi connectivity index (χ3v) is 5.07. The van der Waals surface area contributed by atoms with Gasteiger partial charge in [0.2, 0.25) is 0 Å². The molecule has 3 aromatic rings. The second-order valence-corrected chi connectivity index (χ2v) is 6.82. The Hall–Kier alpha value is -3.61. The van der Waals surface area contributed by atoms with Gasteiger partial charge in [-0.2, -0.15) is 0 Å². The van der Waals surface area contributed by atoms with E-state index in [2.05, 4.69) is 4.90 Å². The minimum absolute atomic E-state index is 0.142. The SMILES string of the molecule is CCOC(=O)c1cc2cc(-c3ccc(C(=O)OC)cc3)c(N(CC)CC)cc2oc1=O. The van der Waals surface area contributed by atoms with Gasteiger partial charge in [0.15, 0.2) is 0 Å². The maximum atomic E-state index is 12.3. The van der Waals surface area contributed by atoms with Crippen molar-refractivity contribution in [3.63, 3.8) is 0 Å². The van der Waals surface area contributed by atoms with Crippen LogP contribution in [0.2, 0.25) is 0 Å². The predicted octanol–water partition coefficient (Wildman–Crippen LogP) is 4.27. The molecule has 0 fully saturated rings. The van der Waals surface area contributed by atoms with Gasteiger partial charge >= 0.3 is 17.6 Å². The molecule has 31 heavy (non-hydrogen) atoms. The van der Waals surface area contributed by atoms with Crippen LogP contribution in [-0.2, 0) is 9.47 Å². The molecule has 0 unspecified atom stereocenters. The summed E-state index contributed by atoms with van der Waals surface area (Å²) in [6.45, 7) is 7.42. The van der Waals surface area contributed by atoms with Gasteiger partial charge in [-0.15, -0.1) is 0 Å². The summed E-state index contributed by atoms with van der Waals surface area (Å²) in [6, 6.07) is 12.3. The lowest BCUT2D eigenvalue weighted by Crippen LogP contribution is -2.22. The van der Waals surface area contributed by atoms with Crippen molar-refractivity contribution in [2.75, 3.05) is 31.7 Å². The molecule has 1 aromatic heterocycles. The summed E-state index contributed by atoms with van der Waals surface area (Å²) in [5.74, 6) is -1.12. The number of benzene rings is 2. The number of carbonyl (C=O) groups is 2. The molecular formula is C24H25NO6. The first-order valence-electron chi connectivity index (χ1n) is 10.2. The largest absolute Gasteiger partial charge is 0.465 e. The van der Waals surface area contributed by atoms with Crippen molar-refractivity contribution in [2.45, 2.75) is 20.8 Å². The Bertz CT molecular complexity index is 1160. The van der Waals surface area contributed by atoms with Gasteiger partial charge in [-0.05, 0) is 50.6 Å². The summed E-state index contributed by atoms with van der Waals surface area (Å²) in [5, 5.41) is 0.602. The van der Waals surface area contributed by atoms with Crippen LogP contribution in [0.25, 0.3) is 22.1 Å². The maximum Gasteiger partial charge on any atom is 0.351 e. The van der Waals surface area contributed by atoms with Gasteiger partial charge in [0.05, 0.1) is 19.3 Å². The number of fused-ring (bicyclic) bond motifs is 1. The molecule has 0 aliphatic rings. The molecule has 0 aliphatic heterocycles. The van der Waals surface area contributed by atoms with E-state index in [1.165, 1.54) is 13.2 Å². The van der Waals surface area contributed by atoms with Crippen molar-refractivity contribution < 1.29 is 23.5 Å². The van der Waals surface area contributed by atoms with E-state index in [4.69, 9.17) is 13.9 Å². The summed E-state index contributed by atoms with van der Waals surface area (Å²) >= 11 is 0. The van der Waals surface area contributed by atoms with E-state index in [0.29, 0.717) is 16.5 Å². The molecule has 7 heteroatoms. The van der Waals surface area contributed by atoms with Crippen LogP contribution in [0.4, 0.5) is 5.69 Å². The van der Waals surface area contributed by atoms with E-state index in [-0.39, 0.29) is 12.2 Å². The van der Waals surface area contributed by atoms with Crippen molar-refractivity contribution in [1.82, 2.24) is 0 Å². The molecule has 3 rings (SSSR count). The predicted molar refractivity (Wildman–Crippen MR) is 119 cm³/mol. The van der Waals surface area contributed by atoms with Gasteiger partial charge in [-0.1, -0.05) is 12.1 Å². The van der Waals surface area contributed by atoms with Crippen LogP contribution in [-0.4, -0.2) is 38.7 Å². The molecular weight excluding hydrogens is 398 g/mol. The molecule has 1 heterocycles. The average Bonchev–Trinajstić information content (AvgIpc) is 2.78. The highest BCUT2D eigenvalue weighted by atomic mass is 16.5. The number of nitrogens with zero attached hydrogens (tertiary/aromatic N) is 1. The summed E-state index contributed by atoms with van der Waals surface area (Å²) in [4.78, 5) is 38.4. The lowest BCUT2D eigenvalue weighted by molar-refractivity contribution is 0.0520. The van der Waals surface area contributed by atoms with Gasteiger partial charge < -0.3 is 18.8 Å². The van der Waals surface area contributed by atoms with Crippen LogP contribution in [0.5, 0.6) is 0 Å². The monoisotopic (exact) mass is 423 g/mol. The maximum absolute atomic E-state index is 12.3. The molecule has 0 amide bonds. The molecule has 0 saturated heterocycles. The zero-order valence-corrected chi connectivity index (χ0v) is 18.1. The van der Waals surface area contributed by atoms with E-state index in [0.717, 1.165) is 29.9 Å². The number of anilines is 1.